The van der Waals surface area contributed by atoms with Crippen molar-refractivity contribution in [2.24, 2.45) is 0 Å². The summed E-state index contributed by atoms with van der Waals surface area (Å²) >= 11 is 0. The summed E-state index contributed by atoms with van der Waals surface area (Å²) in [5.74, 6) is 1.60. The third-order valence-corrected chi connectivity index (χ3v) is 7.98. The Labute approximate surface area is 222 Å². The van der Waals surface area contributed by atoms with E-state index >= 15 is 0 Å². The predicted octanol–water partition coefficient (Wildman–Crippen LogP) is 7.24. The lowest BCUT2D eigenvalue weighted by Gasteiger charge is -2.47. The Bertz CT molecular complexity index is 1120. The van der Waals surface area contributed by atoms with Crippen molar-refractivity contribution in [2.75, 3.05) is 6.54 Å². The number of ether oxygens (including phenoxy) is 2. The molecule has 5 rings (SSSR count). The molecule has 0 bridgehead atoms. The van der Waals surface area contributed by atoms with Crippen LogP contribution in [-0.4, -0.2) is 28.7 Å². The van der Waals surface area contributed by atoms with E-state index in [2.05, 4.69) is 48.2 Å². The average molecular weight is 500 g/mol. The van der Waals surface area contributed by atoms with Gasteiger partial charge in [-0.25, -0.2) is 0 Å². The van der Waals surface area contributed by atoms with Crippen molar-refractivity contribution in [1.82, 2.24) is 4.90 Å². The third-order valence-electron chi connectivity index (χ3n) is 7.98. The molecule has 0 saturated carbocycles. The zero-order valence-corrected chi connectivity index (χ0v) is 22.1. The maximum absolute atomic E-state index is 10.9. The number of fused-ring (bicyclic) bond motifs is 3. The van der Waals surface area contributed by atoms with Gasteiger partial charge in [-0.1, -0.05) is 93.3 Å². The zero-order valence-electron chi connectivity index (χ0n) is 22.1. The van der Waals surface area contributed by atoms with Crippen LogP contribution in [0.1, 0.15) is 80.2 Å². The first-order chi connectivity index (χ1) is 18.2. The van der Waals surface area contributed by atoms with Crippen LogP contribution in [-0.2, 0) is 19.6 Å². The minimum absolute atomic E-state index is 0.242. The Morgan fingerprint density at radius 2 is 1.46 bits per heavy atom. The molecule has 0 unspecified atom stereocenters. The van der Waals surface area contributed by atoms with Crippen LogP contribution in [0.3, 0.4) is 0 Å². The Morgan fingerprint density at radius 3 is 2.11 bits per heavy atom. The largest absolute Gasteiger partial charge is 0.485 e. The van der Waals surface area contributed by atoms with E-state index in [1.165, 1.54) is 43.2 Å². The molecule has 0 amide bonds. The predicted molar refractivity (Wildman–Crippen MR) is 149 cm³/mol. The molecule has 2 aliphatic rings. The van der Waals surface area contributed by atoms with E-state index in [0.29, 0.717) is 19.3 Å². The zero-order chi connectivity index (χ0) is 25.5. The van der Waals surface area contributed by atoms with Crippen LogP contribution in [0.15, 0.2) is 72.8 Å². The first kappa shape index (κ1) is 25.8. The summed E-state index contributed by atoms with van der Waals surface area (Å²) in [4.78, 5) is 2.67. The van der Waals surface area contributed by atoms with Crippen LogP contribution < -0.4 is 9.47 Å². The lowest BCUT2D eigenvalue weighted by Crippen LogP contribution is -2.49. The number of hydrogen-bond donors (Lipinski definition) is 1. The summed E-state index contributed by atoms with van der Waals surface area (Å²) in [5.41, 5.74) is 4.91. The molecule has 4 heteroatoms. The number of rotatable bonds is 11. The first-order valence-corrected chi connectivity index (χ1v) is 14.2. The van der Waals surface area contributed by atoms with Gasteiger partial charge in [0.05, 0.1) is 6.10 Å². The van der Waals surface area contributed by atoms with Gasteiger partial charge >= 0.3 is 0 Å². The fraction of sp³-hybridized carbons (Fsp3) is 0.455. The molecule has 1 saturated heterocycles. The summed E-state index contributed by atoms with van der Waals surface area (Å²) < 4.78 is 12.7. The Balaban J connectivity index is 1.39. The summed E-state index contributed by atoms with van der Waals surface area (Å²) in [7, 11) is 0. The molecule has 2 heterocycles. The van der Waals surface area contributed by atoms with E-state index < -0.39 is 0 Å². The molecular formula is C33H41NO3. The van der Waals surface area contributed by atoms with Crippen molar-refractivity contribution in [2.45, 2.75) is 89.7 Å². The monoisotopic (exact) mass is 499 g/mol. The highest BCUT2D eigenvalue weighted by Crippen LogP contribution is 2.44. The minimum Gasteiger partial charge on any atom is -0.485 e. The maximum Gasteiger partial charge on any atom is 0.162 e. The highest BCUT2D eigenvalue weighted by molar-refractivity contribution is 5.50. The van der Waals surface area contributed by atoms with Crippen LogP contribution in [0.4, 0.5) is 0 Å². The smallest absolute Gasteiger partial charge is 0.162 e. The highest BCUT2D eigenvalue weighted by Gasteiger charge is 2.39. The van der Waals surface area contributed by atoms with Gasteiger partial charge in [0.1, 0.15) is 13.2 Å². The maximum atomic E-state index is 10.9. The molecule has 4 nitrogen and oxygen atoms in total. The average Bonchev–Trinajstić information content (AvgIpc) is 2.93. The number of aliphatic hydroxyl groups is 1. The Kier molecular flexibility index (Phi) is 8.80. The molecule has 0 aromatic heterocycles. The van der Waals surface area contributed by atoms with Gasteiger partial charge in [0.2, 0.25) is 0 Å². The van der Waals surface area contributed by atoms with Crippen LogP contribution in [0.25, 0.3) is 0 Å². The van der Waals surface area contributed by atoms with Crippen molar-refractivity contribution in [3.8, 4) is 11.5 Å². The highest BCUT2D eigenvalue weighted by atomic mass is 16.5. The Morgan fingerprint density at radius 1 is 0.811 bits per heavy atom. The van der Waals surface area contributed by atoms with Crippen LogP contribution in [0, 0.1) is 0 Å². The van der Waals surface area contributed by atoms with Crippen LogP contribution >= 0.6 is 0 Å². The fourth-order valence-electron chi connectivity index (χ4n) is 6.02. The second kappa shape index (κ2) is 12.6. The molecule has 0 spiro atoms. The lowest BCUT2D eigenvalue weighted by atomic mass is 9.81. The number of nitrogens with zero attached hydrogens (tertiary/aromatic N) is 1. The molecule has 196 valence electrons. The quantitative estimate of drug-likeness (QED) is 0.282. The van der Waals surface area contributed by atoms with Crippen molar-refractivity contribution >= 4 is 0 Å². The molecule has 1 N–H and O–H groups in total. The minimum atomic E-state index is -0.244. The second-order valence-corrected chi connectivity index (χ2v) is 10.7. The van der Waals surface area contributed by atoms with E-state index in [1.807, 2.05) is 36.4 Å². The summed E-state index contributed by atoms with van der Waals surface area (Å²) in [6, 6.07) is 25.7. The van der Waals surface area contributed by atoms with Gasteiger partial charge < -0.3 is 14.6 Å². The number of unbranched alkanes of at least 4 members (excludes halogenated alkanes) is 3. The van der Waals surface area contributed by atoms with Crippen LogP contribution in [0.5, 0.6) is 11.5 Å². The van der Waals surface area contributed by atoms with Crippen molar-refractivity contribution < 1.29 is 14.6 Å². The fourth-order valence-corrected chi connectivity index (χ4v) is 6.02. The van der Waals surface area contributed by atoms with E-state index in [9.17, 15) is 5.11 Å². The SMILES string of the molecule is CCCCCC[C@@H]1C[C@@H](O)C[C@H]2c3cc(OCc4ccccc4)c(OCc4ccccc4)cc3CCN12. The van der Waals surface area contributed by atoms with Gasteiger partial charge in [-0.05, 0) is 60.1 Å². The lowest BCUT2D eigenvalue weighted by molar-refractivity contribution is -0.00941. The topological polar surface area (TPSA) is 41.9 Å². The van der Waals surface area contributed by atoms with E-state index in [1.54, 1.807) is 0 Å². The van der Waals surface area contributed by atoms with Crippen LogP contribution in [0.2, 0.25) is 0 Å². The Hall–Kier alpha value is -2.82. The number of piperidine rings is 1. The van der Waals surface area contributed by atoms with Crippen molar-refractivity contribution in [3.63, 3.8) is 0 Å². The molecule has 0 aliphatic carbocycles. The third kappa shape index (κ3) is 6.55. The van der Waals surface area contributed by atoms with E-state index in [4.69, 9.17) is 9.47 Å². The van der Waals surface area contributed by atoms with Gasteiger partial charge in [-0.3, -0.25) is 4.90 Å². The van der Waals surface area contributed by atoms with Gasteiger partial charge in [-0.2, -0.15) is 0 Å². The van der Waals surface area contributed by atoms with Gasteiger partial charge in [-0.15, -0.1) is 0 Å². The van der Waals surface area contributed by atoms with Gasteiger partial charge in [0.25, 0.3) is 0 Å². The number of benzene rings is 3. The van der Waals surface area contributed by atoms with Gasteiger partial charge in [0.15, 0.2) is 11.5 Å². The summed E-state index contributed by atoms with van der Waals surface area (Å²) in [6.07, 6.45) is 8.73. The summed E-state index contributed by atoms with van der Waals surface area (Å²) in [5, 5.41) is 10.9. The molecular weight excluding hydrogens is 458 g/mol. The molecule has 3 aromatic rings. The summed E-state index contributed by atoms with van der Waals surface area (Å²) in [6.45, 7) is 4.32. The first-order valence-electron chi connectivity index (χ1n) is 14.2. The molecule has 3 aromatic carbocycles. The molecule has 2 aliphatic heterocycles. The number of aliphatic hydroxyl groups excluding tert-OH is 1. The van der Waals surface area contributed by atoms with E-state index in [-0.39, 0.29) is 12.1 Å². The van der Waals surface area contributed by atoms with E-state index in [0.717, 1.165) is 48.4 Å². The second-order valence-electron chi connectivity index (χ2n) is 10.7. The normalized spacial score (nSPS) is 21.2. The standard InChI is InChI=1S/C33H41NO3/c1-2-3-4-11-16-28-20-29(35)21-31-30-22-33(37-24-26-14-9-6-10-15-26)32(19-27(30)17-18-34(28)31)36-23-25-12-7-5-8-13-25/h5-10,12-15,19,22,28-29,31,35H,2-4,11,16-18,20-21,23-24H2,1H3/t28-,29-,31+/m1/s1. The number of hydrogen-bond acceptors (Lipinski definition) is 4. The molecule has 3 atom stereocenters. The molecule has 0 radical (unpaired) electrons. The van der Waals surface area contributed by atoms with Gasteiger partial charge in [0, 0.05) is 18.6 Å². The molecule has 1 fully saturated rings. The molecule has 37 heavy (non-hydrogen) atoms. The van der Waals surface area contributed by atoms with Crippen molar-refractivity contribution in [1.29, 1.82) is 0 Å². The van der Waals surface area contributed by atoms with Crippen molar-refractivity contribution in [3.05, 3.63) is 95.1 Å².